The zero-order valence-electron chi connectivity index (χ0n) is 10.9. The molecule has 5 nitrogen and oxygen atoms in total. The summed E-state index contributed by atoms with van der Waals surface area (Å²) in [6, 6.07) is 5.11. The zero-order chi connectivity index (χ0) is 14.5. The van der Waals surface area contributed by atoms with Crippen LogP contribution in [0.2, 0.25) is 5.02 Å². The van der Waals surface area contributed by atoms with Crippen LogP contribution in [0.15, 0.2) is 18.2 Å². The van der Waals surface area contributed by atoms with Crippen molar-refractivity contribution in [2.45, 2.75) is 20.3 Å². The van der Waals surface area contributed by atoms with E-state index in [0.29, 0.717) is 17.1 Å². The standard InChI is InChI=1S/C12H17ClN2O3S/c1-3-6-19(17,18)14-8-12(16)15-10-5-4-9(2)11(13)7-10/h4-5,7,14H,3,6,8H2,1-2H3,(H,15,16). The van der Waals surface area contributed by atoms with Gasteiger partial charge in [0, 0.05) is 10.7 Å². The minimum absolute atomic E-state index is 0.0106. The smallest absolute Gasteiger partial charge is 0.239 e. The first kappa shape index (κ1) is 15.9. The summed E-state index contributed by atoms with van der Waals surface area (Å²) in [4.78, 5) is 11.6. The Bertz CT molecular complexity index is 558. The van der Waals surface area contributed by atoms with Crippen molar-refractivity contribution in [2.24, 2.45) is 0 Å². The summed E-state index contributed by atoms with van der Waals surface area (Å²) in [5.41, 5.74) is 1.44. The number of hydrogen-bond donors (Lipinski definition) is 2. The van der Waals surface area contributed by atoms with Gasteiger partial charge in [0.05, 0.1) is 12.3 Å². The second-order valence-corrected chi connectivity index (χ2v) is 6.49. The molecule has 1 aromatic rings. The van der Waals surface area contributed by atoms with Gasteiger partial charge in [0.15, 0.2) is 0 Å². The first-order valence-electron chi connectivity index (χ1n) is 5.87. The van der Waals surface area contributed by atoms with Gasteiger partial charge in [-0.15, -0.1) is 0 Å². The van der Waals surface area contributed by atoms with Crippen LogP contribution in [0.25, 0.3) is 0 Å². The van der Waals surface area contributed by atoms with Crippen LogP contribution < -0.4 is 10.0 Å². The van der Waals surface area contributed by atoms with Gasteiger partial charge in [-0.1, -0.05) is 24.6 Å². The average molecular weight is 305 g/mol. The molecule has 2 N–H and O–H groups in total. The Morgan fingerprint density at radius 1 is 1.37 bits per heavy atom. The Kier molecular flexibility index (Phi) is 5.78. The van der Waals surface area contributed by atoms with Crippen molar-refractivity contribution in [2.75, 3.05) is 17.6 Å². The Morgan fingerprint density at radius 3 is 2.63 bits per heavy atom. The molecule has 0 aromatic heterocycles. The van der Waals surface area contributed by atoms with Crippen LogP contribution >= 0.6 is 11.6 Å². The fourth-order valence-corrected chi connectivity index (χ4v) is 2.61. The molecular formula is C12H17ClN2O3S. The predicted molar refractivity (Wildman–Crippen MR) is 76.9 cm³/mol. The number of halogens is 1. The number of carbonyl (C=O) groups is 1. The number of anilines is 1. The highest BCUT2D eigenvalue weighted by Crippen LogP contribution is 2.19. The fraction of sp³-hybridized carbons (Fsp3) is 0.417. The summed E-state index contributed by atoms with van der Waals surface area (Å²) >= 11 is 5.93. The highest BCUT2D eigenvalue weighted by Gasteiger charge is 2.11. The molecule has 0 saturated heterocycles. The third-order valence-corrected chi connectivity index (χ3v) is 4.32. The van der Waals surface area contributed by atoms with Gasteiger partial charge in [-0.3, -0.25) is 4.79 Å². The van der Waals surface area contributed by atoms with Gasteiger partial charge in [0.2, 0.25) is 15.9 Å². The minimum Gasteiger partial charge on any atom is -0.325 e. The Labute approximate surface area is 118 Å². The number of hydrogen-bond acceptors (Lipinski definition) is 3. The monoisotopic (exact) mass is 304 g/mol. The SMILES string of the molecule is CCCS(=O)(=O)NCC(=O)Nc1ccc(C)c(Cl)c1. The molecule has 0 atom stereocenters. The largest absolute Gasteiger partial charge is 0.325 e. The molecule has 7 heteroatoms. The van der Waals surface area contributed by atoms with Gasteiger partial charge < -0.3 is 5.32 Å². The second-order valence-electron chi connectivity index (χ2n) is 4.15. The molecule has 1 aromatic carbocycles. The summed E-state index contributed by atoms with van der Waals surface area (Å²) in [5.74, 6) is -0.420. The summed E-state index contributed by atoms with van der Waals surface area (Å²) in [5, 5.41) is 3.12. The third-order valence-electron chi connectivity index (χ3n) is 2.38. The third kappa shape index (κ3) is 5.59. The number of sulfonamides is 1. The molecule has 0 saturated carbocycles. The number of nitrogens with one attached hydrogen (secondary N) is 2. The van der Waals surface area contributed by atoms with Crippen LogP contribution in [0.5, 0.6) is 0 Å². The Morgan fingerprint density at radius 2 is 2.05 bits per heavy atom. The van der Waals surface area contributed by atoms with E-state index in [1.54, 1.807) is 25.1 Å². The van der Waals surface area contributed by atoms with E-state index in [1.807, 2.05) is 6.92 Å². The van der Waals surface area contributed by atoms with E-state index < -0.39 is 15.9 Å². The molecule has 19 heavy (non-hydrogen) atoms. The molecule has 0 aliphatic rings. The normalized spacial score (nSPS) is 11.3. The highest BCUT2D eigenvalue weighted by molar-refractivity contribution is 7.89. The van der Waals surface area contributed by atoms with Crippen molar-refractivity contribution in [1.29, 1.82) is 0 Å². The molecule has 1 rings (SSSR count). The molecule has 0 unspecified atom stereocenters. The van der Waals surface area contributed by atoms with Crippen LogP contribution in [0, 0.1) is 6.92 Å². The van der Waals surface area contributed by atoms with Crippen molar-refractivity contribution in [3.05, 3.63) is 28.8 Å². The number of carbonyl (C=O) groups excluding carboxylic acids is 1. The molecule has 0 aliphatic carbocycles. The number of amides is 1. The van der Waals surface area contributed by atoms with Crippen molar-refractivity contribution >= 4 is 33.2 Å². The molecule has 0 spiro atoms. The first-order chi connectivity index (χ1) is 8.84. The van der Waals surface area contributed by atoms with Gasteiger partial charge >= 0.3 is 0 Å². The van der Waals surface area contributed by atoms with E-state index in [9.17, 15) is 13.2 Å². The van der Waals surface area contributed by atoms with Gasteiger partial charge in [-0.2, -0.15) is 0 Å². The lowest BCUT2D eigenvalue weighted by Crippen LogP contribution is -2.34. The van der Waals surface area contributed by atoms with Gasteiger partial charge in [0.1, 0.15) is 0 Å². The summed E-state index contributed by atoms with van der Waals surface area (Å²) in [6.45, 7) is 3.33. The second kappa shape index (κ2) is 6.88. The summed E-state index contributed by atoms with van der Waals surface area (Å²) in [6.07, 6.45) is 0.504. The van der Waals surface area contributed by atoms with Gasteiger partial charge in [-0.25, -0.2) is 13.1 Å². The molecule has 1 amide bonds. The summed E-state index contributed by atoms with van der Waals surface area (Å²) < 4.78 is 25.0. The summed E-state index contributed by atoms with van der Waals surface area (Å²) in [7, 11) is -3.37. The maximum absolute atomic E-state index is 11.6. The van der Waals surface area contributed by atoms with E-state index in [0.717, 1.165) is 5.56 Å². The molecule has 0 heterocycles. The molecular weight excluding hydrogens is 288 g/mol. The van der Waals surface area contributed by atoms with Crippen LogP contribution in [-0.4, -0.2) is 26.6 Å². The average Bonchev–Trinajstić information content (AvgIpc) is 2.32. The van der Waals surface area contributed by atoms with Crippen molar-refractivity contribution in [3.63, 3.8) is 0 Å². The predicted octanol–water partition coefficient (Wildman–Crippen LogP) is 1.92. The van der Waals surface area contributed by atoms with Crippen LogP contribution in [-0.2, 0) is 14.8 Å². The van der Waals surface area contributed by atoms with E-state index >= 15 is 0 Å². The lowest BCUT2D eigenvalue weighted by Gasteiger charge is -2.08. The number of benzene rings is 1. The topological polar surface area (TPSA) is 75.3 Å². The minimum atomic E-state index is -3.37. The number of rotatable bonds is 6. The molecule has 0 radical (unpaired) electrons. The van der Waals surface area contributed by atoms with Crippen LogP contribution in [0.4, 0.5) is 5.69 Å². The van der Waals surface area contributed by atoms with Gasteiger partial charge in [0.25, 0.3) is 0 Å². The van der Waals surface area contributed by atoms with Crippen molar-refractivity contribution in [3.8, 4) is 0 Å². The quantitative estimate of drug-likeness (QED) is 0.843. The molecule has 0 aliphatic heterocycles. The zero-order valence-corrected chi connectivity index (χ0v) is 12.4. The van der Waals surface area contributed by atoms with E-state index in [2.05, 4.69) is 10.0 Å². The van der Waals surface area contributed by atoms with E-state index in [-0.39, 0.29) is 12.3 Å². The molecule has 0 fully saturated rings. The highest BCUT2D eigenvalue weighted by atomic mass is 35.5. The van der Waals surface area contributed by atoms with Crippen molar-refractivity contribution in [1.82, 2.24) is 4.72 Å². The van der Waals surface area contributed by atoms with E-state index in [1.165, 1.54) is 0 Å². The van der Waals surface area contributed by atoms with Gasteiger partial charge in [-0.05, 0) is 31.0 Å². The first-order valence-corrected chi connectivity index (χ1v) is 7.90. The Hall–Kier alpha value is -1.11. The maximum Gasteiger partial charge on any atom is 0.239 e. The Balaban J connectivity index is 2.54. The van der Waals surface area contributed by atoms with Crippen LogP contribution in [0.3, 0.4) is 0 Å². The molecule has 0 bridgehead atoms. The fourth-order valence-electron chi connectivity index (χ4n) is 1.39. The van der Waals surface area contributed by atoms with Crippen molar-refractivity contribution < 1.29 is 13.2 Å². The van der Waals surface area contributed by atoms with Crippen LogP contribution in [0.1, 0.15) is 18.9 Å². The number of aryl methyl sites for hydroxylation is 1. The molecule has 106 valence electrons. The van der Waals surface area contributed by atoms with E-state index in [4.69, 9.17) is 11.6 Å². The maximum atomic E-state index is 11.6. The lowest BCUT2D eigenvalue weighted by molar-refractivity contribution is -0.115. The lowest BCUT2D eigenvalue weighted by atomic mass is 10.2.